The van der Waals surface area contributed by atoms with Gasteiger partial charge in [0.2, 0.25) is 11.8 Å². The van der Waals surface area contributed by atoms with Gasteiger partial charge in [0.15, 0.2) is 0 Å². The van der Waals surface area contributed by atoms with E-state index in [-0.39, 0.29) is 12.1 Å². The molecule has 0 bridgehead atoms. The molecule has 37 heavy (non-hydrogen) atoms. The molecule has 2 unspecified atom stereocenters. The second-order valence-corrected chi connectivity index (χ2v) is 9.75. The maximum Gasteiger partial charge on any atom is 0.200 e. The maximum atomic E-state index is 6.47. The molecular formula is C33H30N2O2. The third-order valence-corrected chi connectivity index (χ3v) is 7.19. The molecule has 4 aromatic rings. The van der Waals surface area contributed by atoms with Crippen molar-refractivity contribution in [2.45, 2.75) is 24.9 Å². The van der Waals surface area contributed by atoms with Crippen molar-refractivity contribution in [2.24, 2.45) is 15.4 Å². The molecule has 0 aliphatic carbocycles. The lowest BCUT2D eigenvalue weighted by atomic mass is 9.75. The third kappa shape index (κ3) is 4.92. The lowest BCUT2D eigenvalue weighted by molar-refractivity contribution is 0.249. The molecule has 2 heterocycles. The van der Waals surface area contributed by atoms with Crippen molar-refractivity contribution in [3.8, 4) is 0 Å². The first-order valence-corrected chi connectivity index (χ1v) is 12.9. The van der Waals surface area contributed by atoms with Gasteiger partial charge in [-0.2, -0.15) is 0 Å². The fourth-order valence-electron chi connectivity index (χ4n) is 5.31. The van der Waals surface area contributed by atoms with Gasteiger partial charge in [-0.1, -0.05) is 121 Å². The van der Waals surface area contributed by atoms with Crippen molar-refractivity contribution in [1.82, 2.24) is 0 Å². The predicted molar refractivity (Wildman–Crippen MR) is 148 cm³/mol. The lowest BCUT2D eigenvalue weighted by Gasteiger charge is -2.32. The largest absolute Gasteiger partial charge is 0.478 e. The van der Waals surface area contributed by atoms with Crippen molar-refractivity contribution >= 4 is 11.8 Å². The quantitative estimate of drug-likeness (QED) is 0.275. The monoisotopic (exact) mass is 486 g/mol. The molecule has 0 saturated carbocycles. The second-order valence-electron chi connectivity index (χ2n) is 9.75. The Morgan fingerprint density at radius 1 is 0.514 bits per heavy atom. The van der Waals surface area contributed by atoms with Gasteiger partial charge >= 0.3 is 0 Å². The van der Waals surface area contributed by atoms with Crippen LogP contribution in [0, 0.1) is 5.41 Å². The highest BCUT2D eigenvalue weighted by Crippen LogP contribution is 2.41. The smallest absolute Gasteiger partial charge is 0.200 e. The van der Waals surface area contributed by atoms with E-state index in [1.54, 1.807) is 0 Å². The Balaban J connectivity index is 1.47. The van der Waals surface area contributed by atoms with E-state index in [4.69, 9.17) is 19.5 Å². The van der Waals surface area contributed by atoms with Gasteiger partial charge in [0.25, 0.3) is 0 Å². The topological polar surface area (TPSA) is 43.2 Å². The SMILES string of the molecule is c1ccc(CC(Cc2ccccc2)(C2=NC(c3ccccc3)CO2)C2=NC(c3ccccc3)CO2)cc1. The van der Waals surface area contributed by atoms with Crippen LogP contribution in [-0.2, 0) is 22.3 Å². The number of hydrogen-bond acceptors (Lipinski definition) is 4. The molecule has 0 amide bonds. The van der Waals surface area contributed by atoms with Gasteiger partial charge < -0.3 is 9.47 Å². The van der Waals surface area contributed by atoms with Crippen LogP contribution in [0.15, 0.2) is 131 Å². The molecular weight excluding hydrogens is 456 g/mol. The molecule has 184 valence electrons. The van der Waals surface area contributed by atoms with E-state index in [0.717, 1.165) is 11.1 Å². The molecule has 0 spiro atoms. The average Bonchev–Trinajstić information content (AvgIpc) is 3.67. The van der Waals surface area contributed by atoms with Crippen LogP contribution in [0.1, 0.15) is 34.3 Å². The summed E-state index contributed by atoms with van der Waals surface area (Å²) in [4.78, 5) is 10.4. The molecule has 2 aliphatic heterocycles. The van der Waals surface area contributed by atoms with Crippen LogP contribution >= 0.6 is 0 Å². The van der Waals surface area contributed by atoms with Crippen LogP contribution in [0.3, 0.4) is 0 Å². The summed E-state index contributed by atoms with van der Waals surface area (Å²) in [6, 6.07) is 41.7. The summed E-state index contributed by atoms with van der Waals surface area (Å²) in [6.45, 7) is 1.03. The van der Waals surface area contributed by atoms with Crippen molar-refractivity contribution < 1.29 is 9.47 Å². The Hall–Kier alpha value is -4.18. The zero-order valence-corrected chi connectivity index (χ0v) is 20.7. The van der Waals surface area contributed by atoms with Crippen molar-refractivity contribution in [1.29, 1.82) is 0 Å². The Bertz CT molecular complexity index is 1260. The van der Waals surface area contributed by atoms with E-state index in [2.05, 4.69) is 97.1 Å². The summed E-state index contributed by atoms with van der Waals surface area (Å²) in [6.07, 6.45) is 1.37. The minimum Gasteiger partial charge on any atom is -0.478 e. The van der Waals surface area contributed by atoms with Crippen LogP contribution in [0.25, 0.3) is 0 Å². The first kappa shape index (κ1) is 23.2. The van der Waals surface area contributed by atoms with Gasteiger partial charge in [0.1, 0.15) is 30.7 Å². The fraction of sp³-hybridized carbons (Fsp3) is 0.212. The van der Waals surface area contributed by atoms with E-state index >= 15 is 0 Å². The molecule has 2 aliphatic rings. The highest BCUT2D eigenvalue weighted by Gasteiger charge is 2.49. The van der Waals surface area contributed by atoms with E-state index < -0.39 is 5.41 Å². The molecule has 4 nitrogen and oxygen atoms in total. The number of rotatable bonds is 8. The molecule has 2 atom stereocenters. The van der Waals surface area contributed by atoms with Crippen molar-refractivity contribution in [3.63, 3.8) is 0 Å². The van der Waals surface area contributed by atoms with E-state index in [0.29, 0.717) is 37.9 Å². The first-order valence-electron chi connectivity index (χ1n) is 12.9. The third-order valence-electron chi connectivity index (χ3n) is 7.19. The van der Waals surface area contributed by atoms with E-state index in [1.807, 2.05) is 24.3 Å². The molecule has 0 radical (unpaired) electrons. The summed E-state index contributed by atoms with van der Waals surface area (Å²) in [7, 11) is 0. The molecule has 0 fully saturated rings. The standard InChI is InChI=1S/C33H30N2O2/c1-5-13-25(14-6-1)21-33(22-26-15-7-2-8-16-26,31-34-29(23-36-31)27-17-9-3-10-18-27)32-35-30(24-37-32)28-19-11-4-12-20-28/h1-20,29-30H,21-24H2. The van der Waals surface area contributed by atoms with Crippen LogP contribution in [0.4, 0.5) is 0 Å². The van der Waals surface area contributed by atoms with Gasteiger partial charge in [-0.15, -0.1) is 0 Å². The van der Waals surface area contributed by atoms with Crippen LogP contribution in [0.2, 0.25) is 0 Å². The Labute approximate surface area is 218 Å². The summed E-state index contributed by atoms with van der Waals surface area (Å²) in [5.41, 5.74) is 4.05. The number of hydrogen-bond donors (Lipinski definition) is 0. The van der Waals surface area contributed by atoms with Gasteiger partial charge in [-0.3, -0.25) is 0 Å². The lowest BCUT2D eigenvalue weighted by Crippen LogP contribution is -2.44. The minimum atomic E-state index is -0.657. The van der Waals surface area contributed by atoms with Gasteiger partial charge in [0.05, 0.1) is 0 Å². The summed E-state index contributed by atoms with van der Waals surface area (Å²) >= 11 is 0. The van der Waals surface area contributed by atoms with Crippen LogP contribution in [0.5, 0.6) is 0 Å². The molecule has 0 N–H and O–H groups in total. The molecule has 4 aromatic carbocycles. The van der Waals surface area contributed by atoms with Crippen LogP contribution in [-0.4, -0.2) is 25.0 Å². The predicted octanol–water partition coefficient (Wildman–Crippen LogP) is 6.80. The van der Waals surface area contributed by atoms with Gasteiger partial charge in [-0.05, 0) is 35.1 Å². The van der Waals surface area contributed by atoms with Gasteiger partial charge in [-0.25, -0.2) is 9.98 Å². The van der Waals surface area contributed by atoms with Gasteiger partial charge in [0, 0.05) is 0 Å². The highest BCUT2D eigenvalue weighted by molar-refractivity contribution is 6.07. The average molecular weight is 487 g/mol. The number of ether oxygens (including phenoxy) is 2. The maximum absolute atomic E-state index is 6.47. The summed E-state index contributed by atoms with van der Waals surface area (Å²) < 4.78 is 12.9. The van der Waals surface area contributed by atoms with Crippen LogP contribution < -0.4 is 0 Å². The normalized spacial score (nSPS) is 19.0. The van der Waals surface area contributed by atoms with Crippen molar-refractivity contribution in [3.05, 3.63) is 144 Å². The number of benzene rings is 4. The second kappa shape index (κ2) is 10.4. The summed E-state index contributed by atoms with van der Waals surface area (Å²) in [5.74, 6) is 1.42. The van der Waals surface area contributed by atoms with E-state index in [9.17, 15) is 0 Å². The van der Waals surface area contributed by atoms with Crippen molar-refractivity contribution in [2.75, 3.05) is 13.2 Å². The summed E-state index contributed by atoms with van der Waals surface area (Å²) in [5, 5.41) is 0. The zero-order chi connectivity index (χ0) is 24.9. The molecule has 4 heteroatoms. The fourth-order valence-corrected chi connectivity index (χ4v) is 5.31. The number of aliphatic imine (C=N–C) groups is 2. The zero-order valence-electron chi connectivity index (χ0n) is 20.7. The first-order chi connectivity index (χ1) is 18.3. The Morgan fingerprint density at radius 2 is 0.865 bits per heavy atom. The molecule has 0 saturated heterocycles. The minimum absolute atomic E-state index is 0.0472. The molecule has 6 rings (SSSR count). The van der Waals surface area contributed by atoms with E-state index in [1.165, 1.54) is 11.1 Å². The molecule has 0 aromatic heterocycles. The Kier molecular flexibility index (Phi) is 6.55. The highest BCUT2D eigenvalue weighted by atomic mass is 16.5. The Morgan fingerprint density at radius 3 is 1.24 bits per heavy atom. The number of nitrogens with zero attached hydrogens (tertiary/aromatic N) is 2.